The summed E-state index contributed by atoms with van der Waals surface area (Å²) < 4.78 is 0. The lowest BCUT2D eigenvalue weighted by molar-refractivity contribution is -0.154. The van der Waals surface area contributed by atoms with Crippen LogP contribution in [0.2, 0.25) is 0 Å². The van der Waals surface area contributed by atoms with Crippen molar-refractivity contribution in [1.29, 1.82) is 0 Å². The van der Waals surface area contributed by atoms with Gasteiger partial charge < -0.3 is 20.4 Å². The monoisotopic (exact) mass is 376 g/mol. The molecule has 0 saturated carbocycles. The van der Waals surface area contributed by atoms with Crippen LogP contribution in [0.3, 0.4) is 0 Å². The van der Waals surface area contributed by atoms with Crippen LogP contribution >= 0.6 is 0 Å². The maximum absolute atomic E-state index is 12.6. The Balaban J connectivity index is 0.000000817. The Kier molecular flexibility index (Phi) is 7.36. The Morgan fingerprint density at radius 2 is 2.04 bits per heavy atom. The second kappa shape index (κ2) is 9.50. The molecule has 2 aliphatic heterocycles. The number of nitrogens with one attached hydrogen (secondary N) is 1. The number of aliphatic hydroxyl groups is 1. The zero-order valence-corrected chi connectivity index (χ0v) is 15.7. The fraction of sp³-hybridized carbons (Fsp3) is 0.550. The first-order chi connectivity index (χ1) is 12.9. The summed E-state index contributed by atoms with van der Waals surface area (Å²) >= 11 is 0. The van der Waals surface area contributed by atoms with Crippen LogP contribution in [0, 0.1) is 12.3 Å². The molecular formula is C20H28N2O5. The molecule has 2 atom stereocenters. The van der Waals surface area contributed by atoms with Crippen molar-refractivity contribution in [2.24, 2.45) is 5.41 Å². The van der Waals surface area contributed by atoms with Gasteiger partial charge in [0.1, 0.15) is 0 Å². The molecular weight excluding hydrogens is 348 g/mol. The Morgan fingerprint density at radius 1 is 1.37 bits per heavy atom. The Labute approximate surface area is 159 Å². The molecule has 2 fully saturated rings. The predicted octanol–water partition coefficient (Wildman–Crippen LogP) is 1.12. The minimum atomic E-state index is -0.810. The molecule has 148 valence electrons. The standard InChI is InChI=1S/C19H26N2O3.CH2O2/c1-14-3-5-15(6-4-14)7-8-17(23)21-12-9-16(22)19(13-21)10-2-11-20-18(19)24;2-1-3/h3-6,16,22H,2,7-13H2,1H3,(H,20,24);1H,(H,2,3)/t16-,19+;/m0./s1. The fourth-order valence-corrected chi connectivity index (χ4v) is 3.82. The van der Waals surface area contributed by atoms with E-state index in [1.807, 2.05) is 6.92 Å². The van der Waals surface area contributed by atoms with Crippen molar-refractivity contribution in [1.82, 2.24) is 10.2 Å². The molecule has 0 aromatic heterocycles. The van der Waals surface area contributed by atoms with Gasteiger partial charge >= 0.3 is 0 Å². The van der Waals surface area contributed by atoms with E-state index < -0.39 is 11.5 Å². The number of hydrogen-bond donors (Lipinski definition) is 3. The molecule has 2 saturated heterocycles. The van der Waals surface area contributed by atoms with Gasteiger partial charge in [-0.1, -0.05) is 29.8 Å². The molecule has 1 aromatic carbocycles. The normalized spacial score (nSPS) is 24.6. The van der Waals surface area contributed by atoms with E-state index in [-0.39, 0.29) is 18.3 Å². The van der Waals surface area contributed by atoms with E-state index >= 15 is 0 Å². The zero-order valence-electron chi connectivity index (χ0n) is 15.7. The van der Waals surface area contributed by atoms with Gasteiger partial charge in [-0.3, -0.25) is 14.4 Å². The third-order valence-electron chi connectivity index (χ3n) is 5.42. The molecule has 0 unspecified atom stereocenters. The maximum Gasteiger partial charge on any atom is 0.290 e. The average molecular weight is 376 g/mol. The molecule has 3 rings (SSSR count). The van der Waals surface area contributed by atoms with Gasteiger partial charge in [-0.05, 0) is 38.2 Å². The highest BCUT2D eigenvalue weighted by atomic mass is 16.3. The number of benzene rings is 1. The largest absolute Gasteiger partial charge is 0.483 e. The number of carbonyl (C=O) groups is 3. The summed E-state index contributed by atoms with van der Waals surface area (Å²) in [5.74, 6) is -0.0301. The second-order valence-electron chi connectivity index (χ2n) is 7.23. The summed E-state index contributed by atoms with van der Waals surface area (Å²) in [6, 6.07) is 8.22. The predicted molar refractivity (Wildman–Crippen MR) is 100 cm³/mol. The summed E-state index contributed by atoms with van der Waals surface area (Å²) in [6.45, 7) is 3.33. The van der Waals surface area contributed by atoms with Crippen LogP contribution in [0.1, 0.15) is 36.8 Å². The van der Waals surface area contributed by atoms with Crippen molar-refractivity contribution < 1.29 is 24.6 Å². The SMILES string of the molecule is Cc1ccc(CCC(=O)N2CC[C@H](O)[C@@]3(CCCNC3=O)C2)cc1.O=CO. The highest BCUT2D eigenvalue weighted by Crippen LogP contribution is 2.37. The summed E-state index contributed by atoms with van der Waals surface area (Å²) in [7, 11) is 0. The van der Waals surface area contributed by atoms with Crippen LogP contribution in [0.4, 0.5) is 0 Å². The van der Waals surface area contributed by atoms with E-state index in [0.717, 1.165) is 12.0 Å². The number of amides is 2. The number of rotatable bonds is 3. The Bertz CT molecular complexity index is 661. The molecule has 3 N–H and O–H groups in total. The summed E-state index contributed by atoms with van der Waals surface area (Å²) in [5.41, 5.74) is 1.55. The third kappa shape index (κ3) is 5.07. The number of carbonyl (C=O) groups excluding carboxylic acids is 2. The van der Waals surface area contributed by atoms with E-state index in [1.54, 1.807) is 4.90 Å². The maximum atomic E-state index is 12.6. The number of piperidine rings is 2. The van der Waals surface area contributed by atoms with Crippen molar-refractivity contribution in [2.75, 3.05) is 19.6 Å². The molecule has 2 amide bonds. The number of hydrogen-bond acceptors (Lipinski definition) is 4. The second-order valence-corrected chi connectivity index (χ2v) is 7.23. The van der Waals surface area contributed by atoms with Gasteiger partial charge in [0.15, 0.2) is 0 Å². The molecule has 1 spiro atoms. The topological polar surface area (TPSA) is 107 Å². The Morgan fingerprint density at radius 3 is 2.67 bits per heavy atom. The zero-order chi connectivity index (χ0) is 19.9. The van der Waals surface area contributed by atoms with Crippen molar-refractivity contribution in [3.8, 4) is 0 Å². The smallest absolute Gasteiger partial charge is 0.290 e. The van der Waals surface area contributed by atoms with E-state index in [4.69, 9.17) is 9.90 Å². The number of nitrogens with zero attached hydrogens (tertiary/aromatic N) is 1. The van der Waals surface area contributed by atoms with Crippen LogP contribution in [-0.2, 0) is 20.8 Å². The van der Waals surface area contributed by atoms with Crippen LogP contribution in [0.25, 0.3) is 0 Å². The van der Waals surface area contributed by atoms with Crippen LogP contribution in [0.15, 0.2) is 24.3 Å². The molecule has 27 heavy (non-hydrogen) atoms. The molecule has 0 aliphatic carbocycles. The fourth-order valence-electron chi connectivity index (χ4n) is 3.82. The average Bonchev–Trinajstić information content (AvgIpc) is 2.66. The van der Waals surface area contributed by atoms with E-state index in [9.17, 15) is 14.7 Å². The molecule has 0 bridgehead atoms. The van der Waals surface area contributed by atoms with Crippen molar-refractivity contribution in [3.63, 3.8) is 0 Å². The number of aliphatic hydroxyl groups excluding tert-OH is 1. The summed E-state index contributed by atoms with van der Waals surface area (Å²) in [6.07, 6.45) is 2.48. The lowest BCUT2D eigenvalue weighted by atomic mass is 9.71. The first kappa shape index (κ1) is 20.9. The molecule has 7 heteroatoms. The van der Waals surface area contributed by atoms with Gasteiger partial charge in [-0.2, -0.15) is 0 Å². The lowest BCUT2D eigenvalue weighted by Crippen LogP contribution is -2.62. The number of aryl methyl sites for hydroxylation is 2. The third-order valence-corrected chi connectivity index (χ3v) is 5.42. The first-order valence-electron chi connectivity index (χ1n) is 9.30. The summed E-state index contributed by atoms with van der Waals surface area (Å²) in [5, 5.41) is 20.1. The van der Waals surface area contributed by atoms with Crippen LogP contribution in [0.5, 0.6) is 0 Å². The minimum Gasteiger partial charge on any atom is -0.483 e. The van der Waals surface area contributed by atoms with E-state index in [0.29, 0.717) is 45.3 Å². The number of carboxylic acid groups (broad SMARTS) is 1. The van der Waals surface area contributed by atoms with Gasteiger partial charge in [-0.15, -0.1) is 0 Å². The number of likely N-dealkylation sites (tertiary alicyclic amines) is 1. The van der Waals surface area contributed by atoms with Crippen LogP contribution < -0.4 is 5.32 Å². The van der Waals surface area contributed by atoms with E-state index in [1.165, 1.54) is 5.56 Å². The van der Waals surface area contributed by atoms with Crippen molar-refractivity contribution >= 4 is 18.3 Å². The van der Waals surface area contributed by atoms with Gasteiger partial charge in [0, 0.05) is 26.1 Å². The van der Waals surface area contributed by atoms with Gasteiger partial charge in [0.05, 0.1) is 11.5 Å². The highest BCUT2D eigenvalue weighted by Gasteiger charge is 2.50. The van der Waals surface area contributed by atoms with Gasteiger partial charge in [0.25, 0.3) is 6.47 Å². The molecule has 0 radical (unpaired) electrons. The van der Waals surface area contributed by atoms with Crippen molar-refractivity contribution in [3.05, 3.63) is 35.4 Å². The van der Waals surface area contributed by atoms with Gasteiger partial charge in [-0.25, -0.2) is 0 Å². The van der Waals surface area contributed by atoms with Gasteiger partial charge in [0.2, 0.25) is 11.8 Å². The van der Waals surface area contributed by atoms with Crippen LogP contribution in [-0.4, -0.2) is 59.1 Å². The van der Waals surface area contributed by atoms with E-state index in [2.05, 4.69) is 29.6 Å². The minimum absolute atomic E-state index is 0.0697. The molecule has 7 nitrogen and oxygen atoms in total. The quantitative estimate of drug-likeness (QED) is 0.685. The van der Waals surface area contributed by atoms with Crippen molar-refractivity contribution in [2.45, 2.75) is 45.1 Å². The molecule has 2 heterocycles. The molecule has 2 aliphatic rings. The highest BCUT2D eigenvalue weighted by molar-refractivity contribution is 5.86. The Hall–Kier alpha value is -2.41. The summed E-state index contributed by atoms with van der Waals surface area (Å²) in [4.78, 5) is 35.1. The lowest BCUT2D eigenvalue weighted by Gasteiger charge is -2.46. The molecule has 1 aromatic rings. The first-order valence-corrected chi connectivity index (χ1v) is 9.30.